The van der Waals surface area contributed by atoms with Crippen molar-refractivity contribution in [2.24, 2.45) is 0 Å². The van der Waals surface area contributed by atoms with Crippen molar-refractivity contribution in [3.05, 3.63) is 170 Å². The average molecular weight is 1210 g/mol. The number of phosphoric ester groups is 1. The lowest BCUT2D eigenvalue weighted by atomic mass is 10.0. The third kappa shape index (κ3) is 68.5. The molecule has 0 amide bonds. The van der Waals surface area contributed by atoms with Gasteiger partial charge in [0.25, 0.3) is 7.82 Å². The predicted molar refractivity (Wildman–Crippen MR) is 369 cm³/mol. The van der Waals surface area contributed by atoms with Crippen LogP contribution in [0.1, 0.15) is 245 Å². The summed E-state index contributed by atoms with van der Waals surface area (Å²) in [6.07, 6.45) is 98.5. The predicted octanol–water partition coefficient (Wildman–Crippen LogP) is 21.5. The van der Waals surface area contributed by atoms with Crippen LogP contribution in [0.15, 0.2) is 170 Å². The second-order valence-electron chi connectivity index (χ2n) is 23.1. The molecule has 0 rings (SSSR count). The van der Waals surface area contributed by atoms with Crippen molar-refractivity contribution in [1.82, 2.24) is 0 Å². The summed E-state index contributed by atoms with van der Waals surface area (Å²) >= 11 is 0. The molecule has 0 N–H and O–H groups in total. The van der Waals surface area contributed by atoms with Crippen molar-refractivity contribution < 1.29 is 42.1 Å². The molecule has 486 valence electrons. The van der Waals surface area contributed by atoms with Crippen molar-refractivity contribution in [2.75, 3.05) is 47.5 Å². The third-order valence-corrected chi connectivity index (χ3v) is 14.7. The number of likely N-dealkylation sites (N-methyl/N-ethyl adjacent to an activating group) is 1. The van der Waals surface area contributed by atoms with Gasteiger partial charge in [-0.3, -0.25) is 14.2 Å². The molecule has 0 spiro atoms. The fourth-order valence-corrected chi connectivity index (χ4v) is 9.35. The SMILES string of the molecule is CC/C=C\C/C=C\C/C=C\C/C=C\C/C=C\C/C=C\C/C=C\C/C=C\CCCCCCCCCCCCCCCCC(=O)OC(COC(=O)CCCCCC/C=C\C/C=C\C/C=C\C/C=C\C/C=C\C/C=C\CC)COP(=O)([O-])OCC[N+](C)(C)C. The van der Waals surface area contributed by atoms with Gasteiger partial charge in [-0.1, -0.05) is 274 Å². The van der Waals surface area contributed by atoms with Crippen LogP contribution in [0.25, 0.3) is 0 Å². The Morgan fingerprint density at radius 2 is 0.628 bits per heavy atom. The van der Waals surface area contributed by atoms with Crippen LogP contribution in [0.5, 0.6) is 0 Å². The Balaban J connectivity index is 4.12. The van der Waals surface area contributed by atoms with Gasteiger partial charge < -0.3 is 27.9 Å². The largest absolute Gasteiger partial charge is 0.756 e. The van der Waals surface area contributed by atoms with E-state index in [1.54, 1.807) is 0 Å². The molecule has 0 radical (unpaired) electrons. The number of rotatable bonds is 60. The third-order valence-electron chi connectivity index (χ3n) is 13.7. The van der Waals surface area contributed by atoms with E-state index in [-0.39, 0.29) is 26.1 Å². The van der Waals surface area contributed by atoms with Gasteiger partial charge in [0.1, 0.15) is 19.8 Å². The lowest BCUT2D eigenvalue weighted by molar-refractivity contribution is -0.870. The number of phosphoric acid groups is 1. The van der Waals surface area contributed by atoms with Gasteiger partial charge in [-0.25, -0.2) is 0 Å². The number of allylic oxidation sites excluding steroid dienone is 28. The smallest absolute Gasteiger partial charge is 0.306 e. The first-order valence-electron chi connectivity index (χ1n) is 33.8. The standard InChI is InChI=1S/C76H124NO8P/c1-6-8-10-12-14-16-18-20-22-24-26-28-30-31-32-33-34-35-36-37-38-39-40-41-42-43-44-45-47-49-51-53-55-57-59-61-63-65-67-69-76(79)85-74(73-84-86(80,81)83-71-70-77(3,4)5)72-82-75(78)68-66-64-62-60-58-56-54-52-50-48-46-29-27-25-23-21-19-17-15-13-11-9-7-2/h8-11,14-17,20-23,26-29,31-32,34-35,37-38,40-41,48,50,54,56,74H,6-7,12-13,18-19,24-25,30,33,36,39,42-47,49,51-53,55,57-73H2,1-5H3/b10-8-,11-9-,16-14-,17-15-,22-20-,23-21-,28-26-,29-27-,32-31-,35-34-,38-37-,41-40-,50-48-,56-54-. The minimum Gasteiger partial charge on any atom is -0.756 e. The van der Waals surface area contributed by atoms with Crippen molar-refractivity contribution in [1.29, 1.82) is 0 Å². The Kier molecular flexibility index (Phi) is 61.3. The number of esters is 2. The van der Waals surface area contributed by atoms with Crippen LogP contribution in [0.3, 0.4) is 0 Å². The summed E-state index contributed by atoms with van der Waals surface area (Å²) in [5.74, 6) is -0.872. The van der Waals surface area contributed by atoms with E-state index in [2.05, 4.69) is 184 Å². The summed E-state index contributed by atoms with van der Waals surface area (Å²) < 4.78 is 34.2. The van der Waals surface area contributed by atoms with E-state index in [9.17, 15) is 19.0 Å². The summed E-state index contributed by atoms with van der Waals surface area (Å²) in [5, 5.41) is 0. The van der Waals surface area contributed by atoms with Crippen molar-refractivity contribution in [2.45, 2.75) is 251 Å². The van der Waals surface area contributed by atoms with E-state index < -0.39 is 32.5 Å². The van der Waals surface area contributed by atoms with Gasteiger partial charge >= 0.3 is 11.9 Å². The molecule has 86 heavy (non-hydrogen) atoms. The van der Waals surface area contributed by atoms with Crippen LogP contribution >= 0.6 is 7.82 Å². The zero-order chi connectivity index (χ0) is 62.6. The number of hydrogen-bond acceptors (Lipinski definition) is 8. The molecule has 0 saturated heterocycles. The zero-order valence-corrected chi connectivity index (χ0v) is 56.1. The lowest BCUT2D eigenvalue weighted by Gasteiger charge is -2.28. The van der Waals surface area contributed by atoms with Gasteiger partial charge in [0, 0.05) is 12.8 Å². The number of quaternary nitrogens is 1. The second kappa shape index (κ2) is 64.8. The summed E-state index contributed by atoms with van der Waals surface area (Å²) in [6, 6.07) is 0. The number of unbranched alkanes of at least 4 members (excludes halogenated alkanes) is 18. The molecule has 0 aromatic heterocycles. The molecule has 0 aliphatic carbocycles. The Morgan fingerprint density at radius 3 is 0.930 bits per heavy atom. The summed E-state index contributed by atoms with van der Waals surface area (Å²) in [4.78, 5) is 38.0. The van der Waals surface area contributed by atoms with E-state index in [0.29, 0.717) is 23.9 Å². The summed E-state index contributed by atoms with van der Waals surface area (Å²) in [5.41, 5.74) is 0. The molecule has 0 aliphatic heterocycles. The number of carbonyl (C=O) groups excluding carboxylic acids is 2. The lowest BCUT2D eigenvalue weighted by Crippen LogP contribution is -2.37. The van der Waals surface area contributed by atoms with E-state index in [1.165, 1.54) is 70.6 Å². The number of hydrogen-bond donors (Lipinski definition) is 0. The minimum atomic E-state index is -4.66. The van der Waals surface area contributed by atoms with Gasteiger partial charge in [-0.2, -0.15) is 0 Å². The van der Waals surface area contributed by atoms with Gasteiger partial charge in [0.2, 0.25) is 0 Å². The topological polar surface area (TPSA) is 111 Å². The van der Waals surface area contributed by atoms with Gasteiger partial charge in [-0.15, -0.1) is 0 Å². The van der Waals surface area contributed by atoms with Crippen LogP contribution in [0.2, 0.25) is 0 Å². The Hall–Kier alpha value is -4.63. The first-order valence-corrected chi connectivity index (χ1v) is 35.3. The number of carbonyl (C=O) groups is 2. The molecule has 9 nitrogen and oxygen atoms in total. The number of nitrogens with zero attached hydrogens (tertiary/aromatic N) is 1. The normalized spacial score (nSPS) is 14.3. The maximum atomic E-state index is 12.9. The molecule has 0 aliphatic rings. The first kappa shape index (κ1) is 81.4. The van der Waals surface area contributed by atoms with Gasteiger partial charge in [0.05, 0.1) is 27.7 Å². The van der Waals surface area contributed by atoms with Crippen molar-refractivity contribution in [3.8, 4) is 0 Å². The molecular weight excluding hydrogens is 1090 g/mol. The quantitative estimate of drug-likeness (QED) is 0.0195. The van der Waals surface area contributed by atoms with E-state index >= 15 is 0 Å². The molecule has 10 heteroatoms. The molecular formula is C76H124NO8P. The molecule has 0 aromatic carbocycles. The molecule has 2 unspecified atom stereocenters. The highest BCUT2D eigenvalue weighted by Crippen LogP contribution is 2.38. The van der Waals surface area contributed by atoms with Gasteiger partial charge in [-0.05, 0) is 128 Å². The van der Waals surface area contributed by atoms with Crippen LogP contribution < -0.4 is 4.89 Å². The minimum absolute atomic E-state index is 0.0437. The molecule has 0 heterocycles. The monoisotopic (exact) mass is 1210 g/mol. The second-order valence-corrected chi connectivity index (χ2v) is 24.5. The molecule has 0 bridgehead atoms. The Bertz CT molecular complexity index is 2060. The fraction of sp³-hybridized carbons (Fsp3) is 0.605. The highest BCUT2D eigenvalue weighted by atomic mass is 31.2. The van der Waals surface area contributed by atoms with Crippen LogP contribution in [0, 0.1) is 0 Å². The first-order chi connectivity index (χ1) is 42.0. The van der Waals surface area contributed by atoms with Crippen molar-refractivity contribution in [3.63, 3.8) is 0 Å². The molecule has 0 saturated carbocycles. The molecule has 0 aromatic rings. The maximum Gasteiger partial charge on any atom is 0.306 e. The fourth-order valence-electron chi connectivity index (χ4n) is 8.62. The Labute approximate surface area is 528 Å². The average Bonchev–Trinajstić information content (AvgIpc) is 3.56. The highest BCUT2D eigenvalue weighted by Gasteiger charge is 2.22. The zero-order valence-electron chi connectivity index (χ0n) is 55.2. The van der Waals surface area contributed by atoms with Crippen molar-refractivity contribution >= 4 is 19.8 Å². The molecule has 0 fully saturated rings. The maximum absolute atomic E-state index is 12.9. The number of ether oxygens (including phenoxy) is 2. The van der Waals surface area contributed by atoms with Crippen LogP contribution in [-0.2, 0) is 32.7 Å². The van der Waals surface area contributed by atoms with Crippen LogP contribution in [0.4, 0.5) is 0 Å². The summed E-state index contributed by atoms with van der Waals surface area (Å²) in [6.45, 7) is 3.97. The Morgan fingerprint density at radius 1 is 0.360 bits per heavy atom. The van der Waals surface area contributed by atoms with E-state index in [1.807, 2.05) is 21.1 Å². The molecule has 2 atom stereocenters. The summed E-state index contributed by atoms with van der Waals surface area (Å²) in [7, 11) is 1.13. The van der Waals surface area contributed by atoms with E-state index in [4.69, 9.17) is 18.5 Å². The van der Waals surface area contributed by atoms with Gasteiger partial charge in [0.15, 0.2) is 6.10 Å². The highest BCUT2D eigenvalue weighted by molar-refractivity contribution is 7.45. The van der Waals surface area contributed by atoms with E-state index in [0.717, 1.165) is 135 Å². The van der Waals surface area contributed by atoms with Crippen LogP contribution in [-0.4, -0.2) is 70.0 Å².